The van der Waals surface area contributed by atoms with Crippen molar-refractivity contribution < 1.29 is 17.9 Å². The number of fused-ring (bicyclic) bond motifs is 3. The molecule has 0 aromatic carbocycles. The van der Waals surface area contributed by atoms with Crippen LogP contribution in [0.5, 0.6) is 5.88 Å². The molecule has 0 spiro atoms. The maximum absolute atomic E-state index is 12.6. The molecule has 2 atom stereocenters. The second-order valence-electron chi connectivity index (χ2n) is 5.97. The molecule has 0 bridgehead atoms. The molecule has 0 unspecified atom stereocenters. The Morgan fingerprint density at radius 3 is 2.79 bits per heavy atom. The summed E-state index contributed by atoms with van der Waals surface area (Å²) in [5.74, 6) is 0.120. The first-order valence-electron chi connectivity index (χ1n) is 6.24. The van der Waals surface area contributed by atoms with Gasteiger partial charge >= 0.3 is 6.18 Å². The van der Waals surface area contributed by atoms with Gasteiger partial charge < -0.3 is 10.1 Å². The van der Waals surface area contributed by atoms with E-state index in [1.54, 1.807) is 0 Å². The average molecular weight is 272 g/mol. The van der Waals surface area contributed by atoms with Crippen molar-refractivity contribution in [3.05, 3.63) is 23.4 Å². The van der Waals surface area contributed by atoms with Crippen molar-refractivity contribution >= 4 is 0 Å². The van der Waals surface area contributed by atoms with Crippen molar-refractivity contribution in [3.63, 3.8) is 0 Å². The summed E-state index contributed by atoms with van der Waals surface area (Å²) in [6.45, 7) is 5.03. The molecule has 3 nitrogen and oxygen atoms in total. The van der Waals surface area contributed by atoms with Crippen molar-refractivity contribution in [3.8, 4) is 5.88 Å². The summed E-state index contributed by atoms with van der Waals surface area (Å²) in [6.07, 6.45) is -3.75. The molecule has 0 amide bonds. The lowest BCUT2D eigenvalue weighted by molar-refractivity contribution is -0.141. The highest BCUT2D eigenvalue weighted by Gasteiger charge is 2.44. The van der Waals surface area contributed by atoms with Gasteiger partial charge in [-0.05, 0) is 24.0 Å². The van der Waals surface area contributed by atoms with Crippen molar-refractivity contribution in [2.75, 3.05) is 6.54 Å². The zero-order chi connectivity index (χ0) is 13.8. The Morgan fingerprint density at radius 1 is 1.37 bits per heavy atom. The highest BCUT2D eigenvalue weighted by atomic mass is 19.4. The Hall–Kier alpha value is -1.30. The molecule has 6 heteroatoms. The van der Waals surface area contributed by atoms with Crippen molar-refractivity contribution in [2.24, 2.45) is 5.41 Å². The highest BCUT2D eigenvalue weighted by molar-refractivity contribution is 5.37. The van der Waals surface area contributed by atoms with Gasteiger partial charge in [0, 0.05) is 12.1 Å². The van der Waals surface area contributed by atoms with E-state index in [4.69, 9.17) is 4.74 Å². The minimum atomic E-state index is -4.43. The monoisotopic (exact) mass is 272 g/mol. The fourth-order valence-electron chi connectivity index (χ4n) is 2.76. The molecule has 3 rings (SSSR count). The summed E-state index contributed by atoms with van der Waals surface area (Å²) in [5.41, 5.74) is -0.0894. The summed E-state index contributed by atoms with van der Waals surface area (Å²) >= 11 is 0. The van der Waals surface area contributed by atoms with Gasteiger partial charge in [-0.1, -0.05) is 13.8 Å². The lowest BCUT2D eigenvalue weighted by Gasteiger charge is -2.37. The van der Waals surface area contributed by atoms with Gasteiger partial charge in [0.15, 0.2) is 0 Å². The molecule has 2 aliphatic rings. The number of ether oxygens (including phenoxy) is 1. The number of nitrogens with one attached hydrogen (secondary N) is 1. The molecule has 0 saturated carbocycles. The number of hydrogen-bond acceptors (Lipinski definition) is 3. The quantitative estimate of drug-likeness (QED) is 0.788. The zero-order valence-corrected chi connectivity index (χ0v) is 10.7. The Morgan fingerprint density at radius 2 is 2.11 bits per heavy atom. The number of piperidine rings is 1. The largest absolute Gasteiger partial charge is 0.472 e. The van der Waals surface area contributed by atoms with Crippen LogP contribution in [0.15, 0.2) is 12.1 Å². The normalized spacial score (nSPS) is 28.5. The summed E-state index contributed by atoms with van der Waals surface area (Å²) in [4.78, 5) is 3.61. The van der Waals surface area contributed by atoms with Crippen molar-refractivity contribution in [2.45, 2.75) is 38.6 Å². The van der Waals surface area contributed by atoms with Crippen LogP contribution >= 0.6 is 0 Å². The fourth-order valence-corrected chi connectivity index (χ4v) is 2.76. The number of nitrogens with zero attached hydrogens (tertiary/aromatic N) is 1. The summed E-state index contributed by atoms with van der Waals surface area (Å²) in [5, 5.41) is 3.34. The lowest BCUT2D eigenvalue weighted by atomic mass is 9.80. The number of pyridine rings is 1. The first-order chi connectivity index (χ1) is 8.76. The molecular weight excluding hydrogens is 257 g/mol. The van der Waals surface area contributed by atoms with Crippen molar-refractivity contribution in [1.29, 1.82) is 0 Å². The average Bonchev–Trinajstić information content (AvgIpc) is 2.61. The molecule has 104 valence electrons. The van der Waals surface area contributed by atoms with Crippen LogP contribution in [0.2, 0.25) is 0 Å². The number of halogens is 3. The van der Waals surface area contributed by atoms with E-state index in [2.05, 4.69) is 24.1 Å². The van der Waals surface area contributed by atoms with Gasteiger partial charge in [0.05, 0.1) is 6.04 Å². The summed E-state index contributed by atoms with van der Waals surface area (Å²) < 4.78 is 43.5. The predicted molar refractivity (Wildman–Crippen MR) is 62.8 cm³/mol. The Kier molecular flexibility index (Phi) is 2.58. The maximum Gasteiger partial charge on any atom is 0.433 e. The highest BCUT2D eigenvalue weighted by Crippen LogP contribution is 2.44. The van der Waals surface area contributed by atoms with E-state index in [-0.39, 0.29) is 23.4 Å². The minimum Gasteiger partial charge on any atom is -0.472 e. The predicted octanol–water partition coefficient (Wildman–Crippen LogP) is 2.92. The third kappa shape index (κ3) is 2.18. The number of hydrogen-bond donors (Lipinski definition) is 1. The van der Waals surface area contributed by atoms with Gasteiger partial charge in [-0.25, -0.2) is 4.98 Å². The SMILES string of the molecule is CC1(C)CN[C@H]2c3ccc(C(F)(F)F)nc3O[C@H]2C1. The van der Waals surface area contributed by atoms with Gasteiger partial charge in [0.2, 0.25) is 5.88 Å². The van der Waals surface area contributed by atoms with E-state index in [1.165, 1.54) is 6.07 Å². The van der Waals surface area contributed by atoms with Crippen molar-refractivity contribution in [1.82, 2.24) is 10.3 Å². The molecule has 19 heavy (non-hydrogen) atoms. The van der Waals surface area contributed by atoms with E-state index in [0.29, 0.717) is 0 Å². The zero-order valence-electron chi connectivity index (χ0n) is 10.7. The first-order valence-corrected chi connectivity index (χ1v) is 6.24. The molecule has 1 saturated heterocycles. The molecule has 1 aromatic heterocycles. The molecular formula is C13H15F3N2O. The smallest absolute Gasteiger partial charge is 0.433 e. The number of aromatic nitrogens is 1. The molecule has 1 fully saturated rings. The van der Waals surface area contributed by atoms with Crippen LogP contribution in [-0.4, -0.2) is 17.6 Å². The van der Waals surface area contributed by atoms with Crippen LogP contribution in [0.1, 0.15) is 37.6 Å². The Bertz CT molecular complexity index is 513. The van der Waals surface area contributed by atoms with Gasteiger partial charge in [-0.2, -0.15) is 13.2 Å². The molecule has 1 aromatic rings. The second-order valence-corrected chi connectivity index (χ2v) is 5.97. The van der Waals surface area contributed by atoms with Crippen LogP contribution in [0.25, 0.3) is 0 Å². The third-order valence-corrected chi connectivity index (χ3v) is 3.70. The van der Waals surface area contributed by atoms with Gasteiger partial charge in [0.25, 0.3) is 0 Å². The third-order valence-electron chi connectivity index (χ3n) is 3.70. The van der Waals surface area contributed by atoms with Crippen LogP contribution in [0.4, 0.5) is 13.2 Å². The molecule has 0 aliphatic carbocycles. The summed E-state index contributed by atoms with van der Waals surface area (Å²) in [6, 6.07) is 2.45. The van der Waals surface area contributed by atoms with E-state index in [9.17, 15) is 13.2 Å². The lowest BCUT2D eigenvalue weighted by Crippen LogP contribution is -2.46. The van der Waals surface area contributed by atoms with E-state index in [1.807, 2.05) is 0 Å². The Balaban J connectivity index is 1.92. The maximum atomic E-state index is 12.6. The molecule has 0 radical (unpaired) electrons. The summed E-state index contributed by atoms with van der Waals surface area (Å²) in [7, 11) is 0. The van der Waals surface area contributed by atoms with Gasteiger partial charge in [0.1, 0.15) is 11.8 Å². The minimum absolute atomic E-state index is 0.0437. The van der Waals surface area contributed by atoms with E-state index < -0.39 is 11.9 Å². The molecule has 3 heterocycles. The number of alkyl halides is 3. The van der Waals surface area contributed by atoms with Crippen LogP contribution in [0.3, 0.4) is 0 Å². The van der Waals surface area contributed by atoms with Gasteiger partial charge in [-0.15, -0.1) is 0 Å². The standard InChI is InChI=1S/C13H15F3N2O/c1-12(2)5-8-10(17-6-12)7-3-4-9(13(14,15)16)18-11(7)19-8/h3-4,8,10,17H,5-6H2,1-2H3/t8-,10-/m0/s1. The van der Waals surface area contributed by atoms with E-state index in [0.717, 1.165) is 24.6 Å². The van der Waals surface area contributed by atoms with Crippen LogP contribution in [0, 0.1) is 5.41 Å². The molecule has 1 N–H and O–H groups in total. The second kappa shape index (κ2) is 3.85. The first kappa shape index (κ1) is 12.7. The van der Waals surface area contributed by atoms with Crippen LogP contribution < -0.4 is 10.1 Å². The topological polar surface area (TPSA) is 34.2 Å². The van der Waals surface area contributed by atoms with E-state index >= 15 is 0 Å². The van der Waals surface area contributed by atoms with Gasteiger partial charge in [-0.3, -0.25) is 0 Å². The molecule has 2 aliphatic heterocycles. The Labute approximate surface area is 109 Å². The number of rotatable bonds is 0. The fraction of sp³-hybridized carbons (Fsp3) is 0.615. The van der Waals surface area contributed by atoms with Crippen LogP contribution in [-0.2, 0) is 6.18 Å².